The highest BCUT2D eigenvalue weighted by Crippen LogP contribution is 2.22. The summed E-state index contributed by atoms with van der Waals surface area (Å²) in [6.07, 6.45) is 3.60. The molecule has 1 aliphatic heterocycles. The first-order chi connectivity index (χ1) is 10.7. The van der Waals surface area contributed by atoms with Gasteiger partial charge < -0.3 is 14.8 Å². The number of carbonyl (C=O) groups is 2. The molecule has 2 rings (SSSR count). The van der Waals surface area contributed by atoms with Crippen molar-refractivity contribution in [2.75, 3.05) is 25.2 Å². The standard InChI is InChI=1S/C15H20N2O4S/c1-20-14(18)3-2-6-17-15(19)11-4-7-16-13(9-11)21-12-5-8-22-10-12/h4,7,9,12H,2-3,5-6,8,10H2,1H3,(H,17,19)/t12-/m0/s1. The molecule has 7 heteroatoms. The van der Waals surface area contributed by atoms with E-state index >= 15 is 0 Å². The Morgan fingerprint density at radius 2 is 2.36 bits per heavy atom. The molecule has 1 aliphatic rings. The normalized spacial score (nSPS) is 17.0. The number of methoxy groups -OCH3 is 1. The number of nitrogens with zero attached hydrogens (tertiary/aromatic N) is 1. The molecule has 0 spiro atoms. The van der Waals surface area contributed by atoms with Gasteiger partial charge in [-0.25, -0.2) is 4.98 Å². The Hall–Kier alpha value is -1.76. The largest absolute Gasteiger partial charge is 0.473 e. The van der Waals surface area contributed by atoms with E-state index in [1.54, 1.807) is 18.3 Å². The van der Waals surface area contributed by atoms with Crippen LogP contribution < -0.4 is 10.1 Å². The maximum absolute atomic E-state index is 12.0. The molecule has 1 aromatic heterocycles. The monoisotopic (exact) mass is 324 g/mol. The molecule has 2 heterocycles. The van der Waals surface area contributed by atoms with Crippen LogP contribution in [0.3, 0.4) is 0 Å². The van der Waals surface area contributed by atoms with Crippen molar-refractivity contribution in [2.45, 2.75) is 25.4 Å². The Balaban J connectivity index is 1.80. The number of thioether (sulfide) groups is 1. The number of hydrogen-bond donors (Lipinski definition) is 1. The molecule has 6 nitrogen and oxygen atoms in total. The number of aromatic nitrogens is 1. The van der Waals surface area contributed by atoms with Crippen molar-refractivity contribution < 1.29 is 19.1 Å². The van der Waals surface area contributed by atoms with Gasteiger partial charge in [-0.15, -0.1) is 0 Å². The third kappa shape index (κ3) is 5.22. The first-order valence-electron chi connectivity index (χ1n) is 7.24. The van der Waals surface area contributed by atoms with Gasteiger partial charge in [-0.1, -0.05) is 0 Å². The van der Waals surface area contributed by atoms with E-state index in [4.69, 9.17) is 4.74 Å². The molecule has 1 amide bonds. The number of hydrogen-bond acceptors (Lipinski definition) is 6. The first-order valence-corrected chi connectivity index (χ1v) is 8.40. The molecule has 0 aromatic carbocycles. The lowest BCUT2D eigenvalue weighted by Crippen LogP contribution is -2.25. The number of ether oxygens (including phenoxy) is 2. The predicted molar refractivity (Wildman–Crippen MR) is 84.2 cm³/mol. The van der Waals surface area contributed by atoms with Crippen molar-refractivity contribution in [2.24, 2.45) is 0 Å². The fraction of sp³-hybridized carbons (Fsp3) is 0.533. The second kappa shape index (κ2) is 8.63. The van der Waals surface area contributed by atoms with Crippen LogP contribution in [-0.2, 0) is 9.53 Å². The summed E-state index contributed by atoms with van der Waals surface area (Å²) in [6, 6.07) is 3.30. The molecule has 0 saturated carbocycles. The molecule has 0 aliphatic carbocycles. The maximum atomic E-state index is 12.0. The van der Waals surface area contributed by atoms with Gasteiger partial charge in [0.2, 0.25) is 5.88 Å². The zero-order chi connectivity index (χ0) is 15.8. The maximum Gasteiger partial charge on any atom is 0.305 e. The molecule has 1 N–H and O–H groups in total. The number of rotatable bonds is 7. The van der Waals surface area contributed by atoms with Gasteiger partial charge in [0.05, 0.1) is 7.11 Å². The second-order valence-electron chi connectivity index (χ2n) is 4.92. The summed E-state index contributed by atoms with van der Waals surface area (Å²) in [6.45, 7) is 0.422. The molecule has 1 fully saturated rings. The Bertz CT molecular complexity index is 518. The van der Waals surface area contributed by atoms with Crippen LogP contribution in [0.15, 0.2) is 18.3 Å². The van der Waals surface area contributed by atoms with Crippen LogP contribution in [0.4, 0.5) is 0 Å². The van der Waals surface area contributed by atoms with Crippen molar-refractivity contribution in [3.63, 3.8) is 0 Å². The van der Waals surface area contributed by atoms with E-state index in [0.29, 0.717) is 30.8 Å². The Kier molecular flexibility index (Phi) is 6.51. The summed E-state index contributed by atoms with van der Waals surface area (Å²) in [5.41, 5.74) is 0.508. The fourth-order valence-electron chi connectivity index (χ4n) is 2.03. The number of esters is 1. The van der Waals surface area contributed by atoms with Crippen molar-refractivity contribution in [1.29, 1.82) is 0 Å². The molecule has 22 heavy (non-hydrogen) atoms. The summed E-state index contributed by atoms with van der Waals surface area (Å²) in [5.74, 6) is 2.08. The van der Waals surface area contributed by atoms with Gasteiger partial charge in [-0.2, -0.15) is 11.8 Å². The topological polar surface area (TPSA) is 77.5 Å². The van der Waals surface area contributed by atoms with E-state index in [1.165, 1.54) is 7.11 Å². The zero-order valence-corrected chi connectivity index (χ0v) is 13.4. The lowest BCUT2D eigenvalue weighted by atomic mass is 10.2. The summed E-state index contributed by atoms with van der Waals surface area (Å²) >= 11 is 1.86. The second-order valence-corrected chi connectivity index (χ2v) is 6.07. The van der Waals surface area contributed by atoms with Crippen LogP contribution in [0.25, 0.3) is 0 Å². The highest BCUT2D eigenvalue weighted by atomic mass is 32.2. The summed E-state index contributed by atoms with van der Waals surface area (Å²) < 4.78 is 10.3. The molecule has 120 valence electrons. The van der Waals surface area contributed by atoms with Crippen molar-refractivity contribution in [3.05, 3.63) is 23.9 Å². The number of nitrogens with one attached hydrogen (secondary N) is 1. The average Bonchev–Trinajstić information content (AvgIpc) is 3.04. The van der Waals surface area contributed by atoms with E-state index in [0.717, 1.165) is 17.9 Å². The molecular formula is C15H20N2O4S. The van der Waals surface area contributed by atoms with Crippen LogP contribution in [0.5, 0.6) is 5.88 Å². The zero-order valence-electron chi connectivity index (χ0n) is 12.5. The van der Waals surface area contributed by atoms with Gasteiger partial charge in [0, 0.05) is 36.5 Å². The average molecular weight is 324 g/mol. The molecule has 1 aromatic rings. The highest BCUT2D eigenvalue weighted by molar-refractivity contribution is 7.99. The number of carbonyl (C=O) groups excluding carboxylic acids is 2. The lowest BCUT2D eigenvalue weighted by molar-refractivity contribution is -0.140. The SMILES string of the molecule is COC(=O)CCCNC(=O)c1ccnc(O[C@H]2CCSC2)c1. The smallest absolute Gasteiger partial charge is 0.305 e. The molecule has 0 bridgehead atoms. The van der Waals surface area contributed by atoms with Crippen LogP contribution in [-0.4, -0.2) is 48.1 Å². The minimum absolute atomic E-state index is 0.177. The van der Waals surface area contributed by atoms with Gasteiger partial charge >= 0.3 is 5.97 Å². The minimum atomic E-state index is -0.275. The van der Waals surface area contributed by atoms with Crippen molar-refractivity contribution in [3.8, 4) is 5.88 Å². The van der Waals surface area contributed by atoms with E-state index in [1.807, 2.05) is 11.8 Å². The van der Waals surface area contributed by atoms with E-state index in [9.17, 15) is 9.59 Å². The van der Waals surface area contributed by atoms with Crippen LogP contribution >= 0.6 is 11.8 Å². The van der Waals surface area contributed by atoms with E-state index in [-0.39, 0.29) is 18.0 Å². The van der Waals surface area contributed by atoms with Crippen LogP contribution in [0, 0.1) is 0 Å². The van der Waals surface area contributed by atoms with Gasteiger partial charge in [0.1, 0.15) is 6.10 Å². The summed E-state index contributed by atoms with van der Waals surface area (Å²) in [5, 5.41) is 2.77. The third-order valence-corrected chi connectivity index (χ3v) is 4.38. The van der Waals surface area contributed by atoms with Crippen molar-refractivity contribution >= 4 is 23.6 Å². The fourth-order valence-corrected chi connectivity index (χ4v) is 3.12. The number of amides is 1. The third-order valence-electron chi connectivity index (χ3n) is 3.24. The molecule has 1 atom stereocenters. The minimum Gasteiger partial charge on any atom is -0.473 e. The summed E-state index contributed by atoms with van der Waals surface area (Å²) in [4.78, 5) is 27.2. The predicted octanol–water partition coefficient (Wildman–Crippen LogP) is 1.65. The Morgan fingerprint density at radius 3 is 3.09 bits per heavy atom. The van der Waals surface area contributed by atoms with Gasteiger partial charge in [0.25, 0.3) is 5.91 Å². The Morgan fingerprint density at radius 1 is 1.50 bits per heavy atom. The van der Waals surface area contributed by atoms with Gasteiger partial charge in [0.15, 0.2) is 0 Å². The van der Waals surface area contributed by atoms with Crippen LogP contribution in [0.2, 0.25) is 0 Å². The van der Waals surface area contributed by atoms with Crippen LogP contribution in [0.1, 0.15) is 29.6 Å². The van der Waals surface area contributed by atoms with Gasteiger partial charge in [-0.3, -0.25) is 9.59 Å². The lowest BCUT2D eigenvalue weighted by Gasteiger charge is -2.12. The van der Waals surface area contributed by atoms with E-state index in [2.05, 4.69) is 15.0 Å². The highest BCUT2D eigenvalue weighted by Gasteiger charge is 2.18. The quantitative estimate of drug-likeness (QED) is 0.607. The number of pyridine rings is 1. The summed E-state index contributed by atoms with van der Waals surface area (Å²) in [7, 11) is 1.35. The Labute approximate surface area is 134 Å². The molecular weight excluding hydrogens is 304 g/mol. The van der Waals surface area contributed by atoms with Gasteiger partial charge in [-0.05, 0) is 24.7 Å². The molecule has 1 saturated heterocycles. The van der Waals surface area contributed by atoms with Crippen molar-refractivity contribution in [1.82, 2.24) is 10.3 Å². The first kappa shape index (κ1) is 16.6. The van der Waals surface area contributed by atoms with E-state index < -0.39 is 0 Å². The molecule has 0 unspecified atom stereocenters. The molecule has 0 radical (unpaired) electrons.